The van der Waals surface area contributed by atoms with Gasteiger partial charge in [-0.05, 0) is 75.5 Å². The van der Waals surface area contributed by atoms with Gasteiger partial charge in [-0.1, -0.05) is 56.4 Å². The molecule has 0 aliphatic carbocycles. The molecule has 9 heteroatoms. The Kier molecular flexibility index (Phi) is 6.61. The Balaban J connectivity index is 1.50. The Hall–Kier alpha value is -2.46. The molecule has 3 heterocycles. The summed E-state index contributed by atoms with van der Waals surface area (Å²) in [5.74, 6) is 2.38. The fourth-order valence-electron chi connectivity index (χ4n) is 3.29. The molecule has 0 spiro atoms. The fraction of sp³-hybridized carbons (Fsp3) is 0.160. The van der Waals surface area contributed by atoms with Gasteiger partial charge in [0.2, 0.25) is 5.16 Å². The number of nitrogens with zero attached hydrogens (tertiary/aromatic N) is 4. The lowest BCUT2D eigenvalue weighted by atomic mass is 9.93. The summed E-state index contributed by atoms with van der Waals surface area (Å²) >= 11 is 8.48. The Labute approximate surface area is 219 Å². The van der Waals surface area contributed by atoms with Crippen LogP contribution in [-0.2, 0) is 5.41 Å². The van der Waals surface area contributed by atoms with E-state index >= 15 is 0 Å². The number of thiazole rings is 1. The number of aromatic nitrogens is 4. The quantitative estimate of drug-likeness (QED) is 0.205. The Bertz CT molecular complexity index is 1390. The largest absolute Gasteiger partial charge is 0.457 e. The van der Waals surface area contributed by atoms with Crippen LogP contribution >= 0.6 is 50.4 Å². The molecule has 5 nitrogen and oxygen atoms in total. The van der Waals surface area contributed by atoms with E-state index < -0.39 is 0 Å². The van der Waals surface area contributed by atoms with Crippen LogP contribution < -0.4 is 4.74 Å². The minimum atomic E-state index is -0.0431. The van der Waals surface area contributed by atoms with Crippen molar-refractivity contribution in [1.29, 1.82) is 0 Å². The van der Waals surface area contributed by atoms with Gasteiger partial charge in [0, 0.05) is 5.41 Å². The second kappa shape index (κ2) is 9.65. The number of hydrogen-bond acceptors (Lipinski definition) is 7. The highest BCUT2D eigenvalue weighted by molar-refractivity contribution is 9.11. The lowest BCUT2D eigenvalue weighted by Gasteiger charge is -2.15. The molecule has 0 amide bonds. The molecule has 0 atom stereocenters. The predicted molar refractivity (Wildman–Crippen MR) is 144 cm³/mol. The number of rotatable bonds is 6. The molecule has 172 valence electrons. The van der Waals surface area contributed by atoms with Gasteiger partial charge in [0.15, 0.2) is 10.2 Å². The van der Waals surface area contributed by atoms with Crippen LogP contribution in [0.2, 0.25) is 0 Å². The lowest BCUT2D eigenvalue weighted by Crippen LogP contribution is -2.12. The van der Waals surface area contributed by atoms with Crippen LogP contribution in [0.15, 0.2) is 85.4 Å². The van der Waals surface area contributed by atoms with E-state index in [0.29, 0.717) is 0 Å². The first kappa shape index (κ1) is 23.3. The van der Waals surface area contributed by atoms with Crippen LogP contribution in [0.3, 0.4) is 0 Å². The average Bonchev–Trinajstić information content (AvgIpc) is 3.55. The predicted octanol–water partition coefficient (Wildman–Crippen LogP) is 8.46. The highest BCUT2D eigenvalue weighted by Gasteiger charge is 2.24. The molecule has 0 aliphatic rings. The number of benzene rings is 2. The van der Waals surface area contributed by atoms with E-state index in [2.05, 4.69) is 57.5 Å². The van der Waals surface area contributed by atoms with Crippen molar-refractivity contribution in [1.82, 2.24) is 19.7 Å². The summed E-state index contributed by atoms with van der Waals surface area (Å²) in [6.07, 6.45) is 0. The fourth-order valence-corrected chi connectivity index (χ4v) is 7.49. The number of hydrogen-bond donors (Lipinski definition) is 0. The summed E-state index contributed by atoms with van der Waals surface area (Å²) in [5.41, 5.74) is 1.97. The average molecular weight is 570 g/mol. The number of halogens is 1. The number of para-hydroxylation sites is 1. The first-order valence-electron chi connectivity index (χ1n) is 10.6. The van der Waals surface area contributed by atoms with Crippen molar-refractivity contribution in [2.75, 3.05) is 0 Å². The van der Waals surface area contributed by atoms with Crippen molar-refractivity contribution in [3.63, 3.8) is 0 Å². The zero-order valence-corrected chi connectivity index (χ0v) is 22.8. The third-order valence-corrected chi connectivity index (χ3v) is 8.48. The molecule has 5 rings (SSSR count). The molecular weight excluding hydrogens is 548 g/mol. The molecule has 2 aromatic carbocycles. The zero-order chi connectivity index (χ0) is 23.7. The van der Waals surface area contributed by atoms with Crippen LogP contribution in [0.25, 0.3) is 16.4 Å². The van der Waals surface area contributed by atoms with Crippen LogP contribution in [-0.4, -0.2) is 19.7 Å². The first-order chi connectivity index (χ1) is 16.4. The highest BCUT2D eigenvalue weighted by atomic mass is 79.9. The molecule has 0 radical (unpaired) electrons. The summed E-state index contributed by atoms with van der Waals surface area (Å²) < 4.78 is 10.0. The van der Waals surface area contributed by atoms with E-state index in [9.17, 15) is 0 Å². The van der Waals surface area contributed by atoms with Crippen molar-refractivity contribution < 1.29 is 4.74 Å². The van der Waals surface area contributed by atoms with Gasteiger partial charge in [-0.3, -0.25) is 4.57 Å². The lowest BCUT2D eigenvalue weighted by molar-refractivity contribution is 0.482. The van der Waals surface area contributed by atoms with E-state index in [0.717, 1.165) is 46.9 Å². The Morgan fingerprint density at radius 1 is 0.912 bits per heavy atom. The van der Waals surface area contributed by atoms with Crippen LogP contribution in [0.4, 0.5) is 0 Å². The monoisotopic (exact) mass is 568 g/mol. The summed E-state index contributed by atoms with van der Waals surface area (Å²) in [6.45, 7) is 6.49. The van der Waals surface area contributed by atoms with E-state index in [-0.39, 0.29) is 5.41 Å². The first-order valence-corrected chi connectivity index (χ1v) is 13.9. The Morgan fingerprint density at radius 3 is 2.29 bits per heavy atom. The standard InChI is InChI=1S/C25H21BrN4OS3/c1-25(2,3)20-21(26)33-24(27-20)34-23-29-28-22(19-10-7-15-32-19)30(23)16-11-13-18(14-12-16)31-17-8-5-4-6-9-17/h4-15H,1-3H3. The maximum Gasteiger partial charge on any atom is 0.203 e. The van der Waals surface area contributed by atoms with Crippen molar-refractivity contribution in [3.8, 4) is 27.9 Å². The van der Waals surface area contributed by atoms with E-state index in [1.807, 2.05) is 66.0 Å². The van der Waals surface area contributed by atoms with Crippen LogP contribution in [0.1, 0.15) is 26.5 Å². The van der Waals surface area contributed by atoms with Crippen molar-refractivity contribution in [3.05, 3.63) is 81.6 Å². The Morgan fingerprint density at radius 2 is 1.65 bits per heavy atom. The topological polar surface area (TPSA) is 52.8 Å². The number of ether oxygens (including phenoxy) is 1. The third-order valence-electron chi connectivity index (χ3n) is 4.90. The summed E-state index contributed by atoms with van der Waals surface area (Å²) in [4.78, 5) is 5.94. The zero-order valence-electron chi connectivity index (χ0n) is 18.7. The molecule has 0 bridgehead atoms. The molecule has 0 unspecified atom stereocenters. The van der Waals surface area contributed by atoms with Gasteiger partial charge in [-0.2, -0.15) is 0 Å². The minimum absolute atomic E-state index is 0.0431. The summed E-state index contributed by atoms with van der Waals surface area (Å²) in [5, 5.41) is 11.9. The maximum atomic E-state index is 5.97. The third kappa shape index (κ3) is 4.98. The highest BCUT2D eigenvalue weighted by Crippen LogP contribution is 2.41. The van der Waals surface area contributed by atoms with Gasteiger partial charge >= 0.3 is 0 Å². The normalized spacial score (nSPS) is 11.6. The van der Waals surface area contributed by atoms with Gasteiger partial charge in [-0.15, -0.1) is 21.5 Å². The SMILES string of the molecule is CC(C)(C)c1nc(Sc2nnc(-c3cccs3)n2-c2ccc(Oc3ccccc3)cc2)sc1Br. The van der Waals surface area contributed by atoms with Crippen molar-refractivity contribution in [2.45, 2.75) is 35.7 Å². The second-order valence-corrected chi connectivity index (χ2v) is 13.0. The molecular formula is C25H21BrN4OS3. The molecule has 0 aliphatic heterocycles. The summed E-state index contributed by atoms with van der Waals surface area (Å²) in [6, 6.07) is 21.8. The molecule has 0 fully saturated rings. The number of thiophene rings is 1. The molecule has 0 N–H and O–H groups in total. The van der Waals surface area contributed by atoms with E-state index in [1.165, 1.54) is 11.8 Å². The van der Waals surface area contributed by atoms with Gasteiger partial charge < -0.3 is 4.74 Å². The molecule has 0 saturated carbocycles. The van der Waals surface area contributed by atoms with Crippen molar-refractivity contribution in [2.24, 2.45) is 0 Å². The maximum absolute atomic E-state index is 5.97. The second-order valence-electron chi connectivity index (χ2n) is 8.48. The van der Waals surface area contributed by atoms with Gasteiger partial charge in [-0.25, -0.2) is 4.98 Å². The van der Waals surface area contributed by atoms with Gasteiger partial charge in [0.1, 0.15) is 11.5 Å². The molecule has 34 heavy (non-hydrogen) atoms. The van der Waals surface area contributed by atoms with Crippen LogP contribution in [0, 0.1) is 0 Å². The molecule has 3 aromatic heterocycles. The van der Waals surface area contributed by atoms with E-state index in [1.54, 1.807) is 22.7 Å². The van der Waals surface area contributed by atoms with Gasteiger partial charge in [0.05, 0.1) is 20.0 Å². The van der Waals surface area contributed by atoms with Gasteiger partial charge in [0.25, 0.3) is 0 Å². The smallest absolute Gasteiger partial charge is 0.203 e. The minimum Gasteiger partial charge on any atom is -0.457 e. The molecule has 0 saturated heterocycles. The van der Waals surface area contributed by atoms with Crippen LogP contribution in [0.5, 0.6) is 11.5 Å². The van der Waals surface area contributed by atoms with E-state index in [4.69, 9.17) is 9.72 Å². The summed E-state index contributed by atoms with van der Waals surface area (Å²) in [7, 11) is 0. The molecule has 5 aromatic rings. The van der Waals surface area contributed by atoms with Crippen molar-refractivity contribution >= 4 is 50.4 Å².